The van der Waals surface area contributed by atoms with E-state index in [1.165, 1.54) is 6.20 Å². The summed E-state index contributed by atoms with van der Waals surface area (Å²) in [5.41, 5.74) is 0.533. The summed E-state index contributed by atoms with van der Waals surface area (Å²) in [7, 11) is 0. The highest BCUT2D eigenvalue weighted by Gasteiger charge is 2.26. The maximum Gasteiger partial charge on any atom is 0.128 e. The van der Waals surface area contributed by atoms with Gasteiger partial charge >= 0.3 is 0 Å². The molecular weight excluding hydrogens is 253 g/mol. The van der Waals surface area contributed by atoms with Crippen molar-refractivity contribution < 1.29 is 4.39 Å². The predicted octanol–water partition coefficient (Wildman–Crippen LogP) is 4.19. The van der Waals surface area contributed by atoms with Crippen LogP contribution in [0.4, 0.5) is 10.2 Å². The van der Waals surface area contributed by atoms with Crippen LogP contribution in [-0.2, 0) is 0 Å². The van der Waals surface area contributed by atoms with E-state index in [9.17, 15) is 4.39 Å². The van der Waals surface area contributed by atoms with Crippen molar-refractivity contribution in [1.82, 2.24) is 4.98 Å². The van der Waals surface area contributed by atoms with Gasteiger partial charge in [-0.05, 0) is 24.5 Å². The Morgan fingerprint density at radius 1 is 1.30 bits per heavy atom. The summed E-state index contributed by atoms with van der Waals surface area (Å²) in [5, 5.41) is 8.65. The number of hydrogen-bond donors (Lipinski definition) is 0. The number of aromatic nitrogens is 1. The van der Waals surface area contributed by atoms with Crippen molar-refractivity contribution in [2.45, 2.75) is 47.2 Å². The number of pyridine rings is 1. The van der Waals surface area contributed by atoms with E-state index in [4.69, 9.17) is 5.26 Å². The quantitative estimate of drug-likeness (QED) is 0.774. The number of alkyl halides is 1. The van der Waals surface area contributed by atoms with Gasteiger partial charge in [-0.2, -0.15) is 5.26 Å². The lowest BCUT2D eigenvalue weighted by molar-refractivity contribution is 0.211. The fourth-order valence-corrected chi connectivity index (χ4v) is 1.87. The van der Waals surface area contributed by atoms with Crippen LogP contribution in [0.25, 0.3) is 0 Å². The number of halogens is 1. The molecule has 0 aliphatic carbocycles. The van der Waals surface area contributed by atoms with Crippen LogP contribution in [-0.4, -0.2) is 24.2 Å². The summed E-state index contributed by atoms with van der Waals surface area (Å²) < 4.78 is 13.5. The lowest BCUT2D eigenvalue weighted by atomic mass is 9.97. The summed E-state index contributed by atoms with van der Waals surface area (Å²) in [6.07, 6.45) is 1.59. The minimum atomic E-state index is -0.786. The number of piperidine rings is 1. The number of anilines is 1. The molecule has 0 bridgehead atoms. The van der Waals surface area contributed by atoms with Crippen molar-refractivity contribution in [2.24, 2.45) is 5.92 Å². The zero-order valence-electron chi connectivity index (χ0n) is 13.2. The molecule has 0 amide bonds. The molecule has 0 N–H and O–H groups in total. The number of rotatable bonds is 1. The smallest absolute Gasteiger partial charge is 0.128 e. The largest absolute Gasteiger partial charge is 0.354 e. The Kier molecular flexibility index (Phi) is 9.36. The molecule has 2 rings (SSSR count). The van der Waals surface area contributed by atoms with Crippen molar-refractivity contribution >= 4 is 5.82 Å². The van der Waals surface area contributed by atoms with Gasteiger partial charge in [-0.15, -0.1) is 0 Å². The van der Waals surface area contributed by atoms with Crippen LogP contribution in [0, 0.1) is 17.2 Å². The molecule has 1 aromatic heterocycles. The van der Waals surface area contributed by atoms with E-state index in [0.29, 0.717) is 12.1 Å². The van der Waals surface area contributed by atoms with Crippen LogP contribution < -0.4 is 4.90 Å². The molecule has 112 valence electrons. The highest BCUT2D eigenvalue weighted by molar-refractivity contribution is 5.42. The van der Waals surface area contributed by atoms with Crippen LogP contribution in [0.3, 0.4) is 0 Å². The van der Waals surface area contributed by atoms with Crippen LogP contribution in [0.15, 0.2) is 18.3 Å². The molecule has 0 spiro atoms. The second kappa shape index (κ2) is 10.2. The maximum atomic E-state index is 13.5. The summed E-state index contributed by atoms with van der Waals surface area (Å²) in [5.74, 6) is 0.892. The number of nitriles is 1. The van der Waals surface area contributed by atoms with Crippen molar-refractivity contribution in [1.29, 1.82) is 5.26 Å². The lowest BCUT2D eigenvalue weighted by Crippen LogP contribution is -2.41. The third-order valence-electron chi connectivity index (χ3n) is 3.07. The van der Waals surface area contributed by atoms with Gasteiger partial charge in [0.1, 0.15) is 18.1 Å². The van der Waals surface area contributed by atoms with Crippen LogP contribution in [0.1, 0.15) is 46.6 Å². The molecule has 2 heterocycles. The Bertz CT molecular complexity index is 397. The normalized spacial score (nSPS) is 20.8. The Morgan fingerprint density at radius 3 is 2.40 bits per heavy atom. The average molecular weight is 279 g/mol. The average Bonchev–Trinajstić information content (AvgIpc) is 2.54. The Hall–Kier alpha value is -1.63. The SMILES string of the molecule is CC.CC.CC1CCN(c2ccc(C#N)cn2)CC1F. The van der Waals surface area contributed by atoms with Crippen molar-refractivity contribution in [2.75, 3.05) is 18.0 Å². The first-order valence-electron chi connectivity index (χ1n) is 7.46. The molecule has 4 heteroatoms. The first kappa shape index (κ1) is 18.4. The minimum absolute atomic E-state index is 0.134. The van der Waals surface area contributed by atoms with E-state index in [2.05, 4.69) is 4.98 Å². The Balaban J connectivity index is 0.000000829. The summed E-state index contributed by atoms with van der Waals surface area (Å²) in [6.45, 7) is 11.2. The number of hydrogen-bond acceptors (Lipinski definition) is 3. The summed E-state index contributed by atoms with van der Waals surface area (Å²) in [4.78, 5) is 6.11. The van der Waals surface area contributed by atoms with Crippen molar-refractivity contribution in [3.8, 4) is 6.07 Å². The molecule has 20 heavy (non-hydrogen) atoms. The fraction of sp³-hybridized carbons (Fsp3) is 0.625. The molecule has 0 radical (unpaired) electrons. The minimum Gasteiger partial charge on any atom is -0.354 e. The van der Waals surface area contributed by atoms with Gasteiger partial charge in [-0.25, -0.2) is 9.37 Å². The van der Waals surface area contributed by atoms with E-state index in [1.54, 1.807) is 12.1 Å². The van der Waals surface area contributed by atoms with Crippen LogP contribution in [0.5, 0.6) is 0 Å². The first-order valence-corrected chi connectivity index (χ1v) is 7.46. The Morgan fingerprint density at radius 2 is 1.95 bits per heavy atom. The molecular formula is C16H26FN3. The molecule has 1 aliphatic rings. The first-order chi connectivity index (χ1) is 9.70. The molecule has 0 saturated carbocycles. The molecule has 1 fully saturated rings. The van der Waals surface area contributed by atoms with E-state index in [0.717, 1.165) is 18.8 Å². The number of nitrogens with zero attached hydrogens (tertiary/aromatic N) is 3. The van der Waals surface area contributed by atoms with Gasteiger partial charge in [-0.3, -0.25) is 0 Å². The predicted molar refractivity (Wildman–Crippen MR) is 82.5 cm³/mol. The van der Waals surface area contributed by atoms with Gasteiger partial charge in [-0.1, -0.05) is 34.6 Å². The summed E-state index contributed by atoms with van der Waals surface area (Å²) >= 11 is 0. The second-order valence-corrected chi connectivity index (χ2v) is 4.24. The molecule has 2 atom stereocenters. The van der Waals surface area contributed by atoms with Gasteiger partial charge in [0, 0.05) is 12.7 Å². The standard InChI is InChI=1S/C12H14FN3.2C2H6/c1-9-4-5-16(8-11(9)13)12-3-2-10(6-14)7-15-12;2*1-2/h2-3,7,9,11H,4-5,8H2,1H3;2*1-2H3. The molecule has 1 aromatic rings. The monoisotopic (exact) mass is 279 g/mol. The highest BCUT2D eigenvalue weighted by atomic mass is 19.1. The van der Waals surface area contributed by atoms with Crippen molar-refractivity contribution in [3.63, 3.8) is 0 Å². The molecule has 3 nitrogen and oxygen atoms in total. The van der Waals surface area contributed by atoms with E-state index in [-0.39, 0.29) is 5.92 Å². The Labute approximate surface area is 122 Å². The molecule has 1 saturated heterocycles. The van der Waals surface area contributed by atoms with E-state index < -0.39 is 6.17 Å². The van der Waals surface area contributed by atoms with E-state index in [1.807, 2.05) is 45.6 Å². The van der Waals surface area contributed by atoms with Crippen LogP contribution >= 0.6 is 0 Å². The topological polar surface area (TPSA) is 39.9 Å². The lowest BCUT2D eigenvalue weighted by Gasteiger charge is -2.33. The third-order valence-corrected chi connectivity index (χ3v) is 3.07. The van der Waals surface area contributed by atoms with Crippen LogP contribution in [0.2, 0.25) is 0 Å². The van der Waals surface area contributed by atoms with Gasteiger partial charge in [0.2, 0.25) is 0 Å². The highest BCUT2D eigenvalue weighted by Crippen LogP contribution is 2.23. The second-order valence-electron chi connectivity index (χ2n) is 4.24. The van der Waals surface area contributed by atoms with Gasteiger partial charge in [0.15, 0.2) is 0 Å². The summed E-state index contributed by atoms with van der Waals surface area (Å²) in [6, 6.07) is 5.51. The third kappa shape index (κ3) is 5.16. The van der Waals surface area contributed by atoms with E-state index >= 15 is 0 Å². The molecule has 2 unspecified atom stereocenters. The van der Waals surface area contributed by atoms with Gasteiger partial charge < -0.3 is 4.90 Å². The van der Waals surface area contributed by atoms with Gasteiger partial charge in [0.05, 0.1) is 12.1 Å². The van der Waals surface area contributed by atoms with Crippen molar-refractivity contribution in [3.05, 3.63) is 23.9 Å². The molecule has 0 aromatic carbocycles. The maximum absolute atomic E-state index is 13.5. The zero-order valence-corrected chi connectivity index (χ0v) is 13.2. The zero-order chi connectivity index (χ0) is 15.5. The molecule has 1 aliphatic heterocycles. The fourth-order valence-electron chi connectivity index (χ4n) is 1.87. The van der Waals surface area contributed by atoms with Gasteiger partial charge in [0.25, 0.3) is 0 Å².